The lowest BCUT2D eigenvalue weighted by Crippen LogP contribution is -2.51. The quantitative estimate of drug-likeness (QED) is 0.635. The molecule has 1 fully saturated rings. The molecule has 0 bridgehead atoms. The average molecular weight is 183 g/mol. The van der Waals surface area contributed by atoms with Crippen LogP contribution in [0.1, 0.15) is 53.9 Å². The summed E-state index contributed by atoms with van der Waals surface area (Å²) in [5, 5.41) is 0. The molecule has 0 aliphatic carbocycles. The zero-order chi connectivity index (χ0) is 10.1. The Morgan fingerprint density at radius 2 is 1.92 bits per heavy atom. The minimum Gasteiger partial charge on any atom is -0.298 e. The fraction of sp³-hybridized carbons (Fsp3) is 1.00. The number of likely N-dealkylation sites (tertiary alicyclic amines) is 1. The van der Waals surface area contributed by atoms with E-state index in [-0.39, 0.29) is 0 Å². The van der Waals surface area contributed by atoms with Gasteiger partial charge in [0.25, 0.3) is 0 Å². The number of piperidine rings is 1. The topological polar surface area (TPSA) is 3.24 Å². The minimum absolute atomic E-state index is 0.400. The van der Waals surface area contributed by atoms with Crippen LogP contribution >= 0.6 is 0 Å². The Labute approximate surface area is 83.5 Å². The van der Waals surface area contributed by atoms with Gasteiger partial charge < -0.3 is 0 Å². The molecule has 0 aromatic carbocycles. The third-order valence-electron chi connectivity index (χ3n) is 3.62. The lowest BCUT2D eigenvalue weighted by Gasteiger charge is -2.46. The SMILES string of the molecule is CCC(C)(C)N1CCCC(C)(C)C1. The largest absolute Gasteiger partial charge is 0.298 e. The second kappa shape index (κ2) is 3.61. The first-order chi connectivity index (χ1) is 5.87. The van der Waals surface area contributed by atoms with Gasteiger partial charge in [0.05, 0.1) is 0 Å². The highest BCUT2D eigenvalue weighted by Gasteiger charge is 2.33. The first-order valence-electron chi connectivity index (χ1n) is 5.62. The third kappa shape index (κ3) is 2.70. The molecule has 1 nitrogen and oxygen atoms in total. The summed E-state index contributed by atoms with van der Waals surface area (Å²) in [5.41, 5.74) is 0.933. The van der Waals surface area contributed by atoms with E-state index in [1.807, 2.05) is 0 Å². The first kappa shape index (κ1) is 11.0. The summed E-state index contributed by atoms with van der Waals surface area (Å²) in [6, 6.07) is 0. The number of rotatable bonds is 2. The molecular weight excluding hydrogens is 158 g/mol. The predicted molar refractivity (Wildman–Crippen MR) is 59.0 cm³/mol. The minimum atomic E-state index is 0.400. The lowest BCUT2D eigenvalue weighted by atomic mass is 9.81. The van der Waals surface area contributed by atoms with E-state index in [2.05, 4.69) is 39.5 Å². The maximum atomic E-state index is 2.66. The van der Waals surface area contributed by atoms with Gasteiger partial charge in [0, 0.05) is 12.1 Å². The molecule has 13 heavy (non-hydrogen) atoms. The summed E-state index contributed by atoms with van der Waals surface area (Å²) in [5.74, 6) is 0. The number of hydrogen-bond donors (Lipinski definition) is 0. The van der Waals surface area contributed by atoms with Gasteiger partial charge in [-0.05, 0) is 45.1 Å². The standard InChI is InChI=1S/C12H25N/c1-6-12(4,5)13-9-7-8-11(2,3)10-13/h6-10H2,1-5H3. The van der Waals surface area contributed by atoms with Crippen molar-refractivity contribution < 1.29 is 0 Å². The van der Waals surface area contributed by atoms with Crippen molar-refractivity contribution in [3.8, 4) is 0 Å². The highest BCUT2D eigenvalue weighted by atomic mass is 15.2. The fourth-order valence-corrected chi connectivity index (χ4v) is 2.16. The molecule has 1 heterocycles. The molecule has 0 atom stereocenters. The summed E-state index contributed by atoms with van der Waals surface area (Å²) in [6.45, 7) is 14.4. The zero-order valence-electron chi connectivity index (χ0n) is 9.98. The molecule has 1 heteroatoms. The van der Waals surface area contributed by atoms with Crippen molar-refractivity contribution in [3.63, 3.8) is 0 Å². The van der Waals surface area contributed by atoms with Crippen LogP contribution in [0.25, 0.3) is 0 Å². The molecule has 1 aliphatic rings. The van der Waals surface area contributed by atoms with Crippen molar-refractivity contribution >= 4 is 0 Å². The normalized spacial score (nSPS) is 24.7. The van der Waals surface area contributed by atoms with E-state index >= 15 is 0 Å². The van der Waals surface area contributed by atoms with Gasteiger partial charge in [-0.1, -0.05) is 20.8 Å². The van der Waals surface area contributed by atoms with Gasteiger partial charge >= 0.3 is 0 Å². The Balaban J connectivity index is 2.61. The van der Waals surface area contributed by atoms with Crippen molar-refractivity contribution in [2.24, 2.45) is 5.41 Å². The van der Waals surface area contributed by atoms with Crippen molar-refractivity contribution in [3.05, 3.63) is 0 Å². The molecule has 1 saturated heterocycles. The first-order valence-corrected chi connectivity index (χ1v) is 5.62. The molecule has 1 rings (SSSR count). The zero-order valence-corrected chi connectivity index (χ0v) is 9.98. The van der Waals surface area contributed by atoms with Crippen molar-refractivity contribution in [1.29, 1.82) is 0 Å². The maximum Gasteiger partial charge on any atom is 0.0150 e. The van der Waals surface area contributed by atoms with Crippen LogP contribution in [-0.2, 0) is 0 Å². The summed E-state index contributed by atoms with van der Waals surface area (Å²) in [7, 11) is 0. The molecule has 0 unspecified atom stereocenters. The summed E-state index contributed by atoms with van der Waals surface area (Å²) < 4.78 is 0. The Kier molecular flexibility index (Phi) is 3.06. The van der Waals surface area contributed by atoms with E-state index in [9.17, 15) is 0 Å². The van der Waals surface area contributed by atoms with E-state index < -0.39 is 0 Å². The Morgan fingerprint density at radius 3 is 2.38 bits per heavy atom. The Bertz CT molecular complexity index is 170. The van der Waals surface area contributed by atoms with Crippen LogP contribution in [0, 0.1) is 5.41 Å². The van der Waals surface area contributed by atoms with E-state index in [4.69, 9.17) is 0 Å². The van der Waals surface area contributed by atoms with E-state index in [0.29, 0.717) is 11.0 Å². The van der Waals surface area contributed by atoms with Crippen molar-refractivity contribution in [1.82, 2.24) is 4.90 Å². The molecular formula is C12H25N. The maximum absolute atomic E-state index is 2.66. The average Bonchev–Trinajstić information content (AvgIpc) is 2.03. The summed E-state index contributed by atoms with van der Waals surface area (Å²) in [6.07, 6.45) is 4.02. The molecule has 78 valence electrons. The van der Waals surface area contributed by atoms with Gasteiger partial charge in [0.2, 0.25) is 0 Å². The monoisotopic (exact) mass is 183 g/mol. The number of hydrogen-bond acceptors (Lipinski definition) is 1. The van der Waals surface area contributed by atoms with Crippen LogP contribution in [0.4, 0.5) is 0 Å². The summed E-state index contributed by atoms with van der Waals surface area (Å²) in [4.78, 5) is 2.66. The van der Waals surface area contributed by atoms with Crippen LogP contribution in [0.2, 0.25) is 0 Å². The van der Waals surface area contributed by atoms with E-state index in [1.54, 1.807) is 0 Å². The molecule has 1 aliphatic heterocycles. The van der Waals surface area contributed by atoms with Gasteiger partial charge in [-0.2, -0.15) is 0 Å². The molecule has 0 radical (unpaired) electrons. The van der Waals surface area contributed by atoms with E-state index in [1.165, 1.54) is 32.4 Å². The van der Waals surface area contributed by atoms with Crippen LogP contribution in [0.3, 0.4) is 0 Å². The number of nitrogens with zero attached hydrogens (tertiary/aromatic N) is 1. The molecule has 0 saturated carbocycles. The molecule has 0 amide bonds. The van der Waals surface area contributed by atoms with Gasteiger partial charge in [-0.15, -0.1) is 0 Å². The van der Waals surface area contributed by atoms with Crippen molar-refractivity contribution in [2.75, 3.05) is 13.1 Å². The van der Waals surface area contributed by atoms with Gasteiger partial charge in [-0.3, -0.25) is 4.90 Å². The van der Waals surface area contributed by atoms with Crippen LogP contribution in [0.15, 0.2) is 0 Å². The highest BCUT2D eigenvalue weighted by molar-refractivity contribution is 4.88. The Morgan fingerprint density at radius 1 is 1.31 bits per heavy atom. The molecule has 0 aromatic heterocycles. The van der Waals surface area contributed by atoms with Gasteiger partial charge in [0.1, 0.15) is 0 Å². The lowest BCUT2D eigenvalue weighted by molar-refractivity contribution is 0.0317. The molecule has 0 N–H and O–H groups in total. The molecule has 0 spiro atoms. The van der Waals surface area contributed by atoms with Crippen LogP contribution in [-0.4, -0.2) is 23.5 Å². The highest BCUT2D eigenvalue weighted by Crippen LogP contribution is 2.33. The van der Waals surface area contributed by atoms with Crippen LogP contribution < -0.4 is 0 Å². The summed E-state index contributed by atoms with van der Waals surface area (Å²) >= 11 is 0. The van der Waals surface area contributed by atoms with E-state index in [0.717, 1.165) is 0 Å². The van der Waals surface area contributed by atoms with Crippen LogP contribution in [0.5, 0.6) is 0 Å². The van der Waals surface area contributed by atoms with Gasteiger partial charge in [-0.25, -0.2) is 0 Å². The molecule has 0 aromatic rings. The van der Waals surface area contributed by atoms with Crippen molar-refractivity contribution in [2.45, 2.75) is 59.4 Å². The second-order valence-electron chi connectivity index (χ2n) is 5.86. The Hall–Kier alpha value is -0.0400. The second-order valence-corrected chi connectivity index (χ2v) is 5.86. The van der Waals surface area contributed by atoms with Gasteiger partial charge in [0.15, 0.2) is 0 Å². The fourth-order valence-electron chi connectivity index (χ4n) is 2.16. The smallest absolute Gasteiger partial charge is 0.0150 e. The third-order valence-corrected chi connectivity index (χ3v) is 3.62. The predicted octanol–water partition coefficient (Wildman–Crippen LogP) is 3.30.